The second-order valence-electron chi connectivity index (χ2n) is 1.41. The van der Waals surface area contributed by atoms with Crippen molar-refractivity contribution in [2.75, 3.05) is 6.67 Å². The molecule has 0 aromatic rings. The first-order valence-electron chi connectivity index (χ1n) is 2.18. The summed E-state index contributed by atoms with van der Waals surface area (Å²) in [4.78, 5) is 10.5. The minimum absolute atomic E-state index is 0.264. The van der Waals surface area contributed by atoms with E-state index >= 15 is 0 Å². The third kappa shape index (κ3) is 1.01. The van der Waals surface area contributed by atoms with Crippen molar-refractivity contribution in [2.45, 2.75) is 6.55 Å². The van der Waals surface area contributed by atoms with Gasteiger partial charge in [-0.3, -0.25) is 0 Å². The number of alkyl halides is 2. The van der Waals surface area contributed by atoms with Crippen LogP contribution in [0.25, 0.3) is 0 Å². The van der Waals surface area contributed by atoms with Crippen LogP contribution in [0, 0.1) is 0 Å². The van der Waals surface area contributed by atoms with E-state index in [0.717, 1.165) is 0 Å². The van der Waals surface area contributed by atoms with Crippen LogP contribution < -0.4 is 0 Å². The molecule has 9 heavy (non-hydrogen) atoms. The Kier molecular flexibility index (Phi) is 1.37. The Balaban J connectivity index is 2.56. The first kappa shape index (κ1) is 6.06. The van der Waals surface area contributed by atoms with Crippen molar-refractivity contribution in [1.82, 2.24) is 4.90 Å². The van der Waals surface area contributed by atoms with Gasteiger partial charge in [0.25, 0.3) is 0 Å². The first-order valence-corrected chi connectivity index (χ1v) is 2.18. The van der Waals surface area contributed by atoms with E-state index in [2.05, 4.69) is 10.2 Å². The highest BCUT2D eigenvalue weighted by atomic mass is 19.3. The van der Waals surface area contributed by atoms with Crippen molar-refractivity contribution >= 4 is 6.03 Å². The van der Waals surface area contributed by atoms with Crippen molar-refractivity contribution in [3.05, 3.63) is 0 Å². The van der Waals surface area contributed by atoms with Crippen LogP contribution in [0.2, 0.25) is 0 Å². The van der Waals surface area contributed by atoms with Crippen LogP contribution >= 0.6 is 0 Å². The van der Waals surface area contributed by atoms with E-state index in [9.17, 15) is 13.6 Å². The summed E-state index contributed by atoms with van der Waals surface area (Å²) in [6.07, 6.45) is 0. The number of azo groups is 1. The molecular formula is C3H3F2N3O. The molecule has 0 bridgehead atoms. The summed E-state index contributed by atoms with van der Waals surface area (Å²) >= 11 is 0. The molecule has 1 aliphatic rings. The average molecular weight is 135 g/mol. The molecule has 0 saturated carbocycles. The average Bonchev–Trinajstić information content (AvgIpc) is 2.13. The number of carbonyl (C=O) groups excluding carboxylic acids is 1. The van der Waals surface area contributed by atoms with Crippen LogP contribution in [0.1, 0.15) is 0 Å². The Labute approximate surface area is 49.2 Å². The van der Waals surface area contributed by atoms with Crippen LogP contribution in [-0.2, 0) is 0 Å². The lowest BCUT2D eigenvalue weighted by Gasteiger charge is -2.08. The minimum Gasteiger partial charge on any atom is -0.244 e. The Morgan fingerprint density at radius 3 is 2.56 bits per heavy atom. The Morgan fingerprint density at radius 1 is 1.67 bits per heavy atom. The molecule has 0 fully saturated rings. The molecule has 6 heteroatoms. The quantitative estimate of drug-likeness (QED) is 0.495. The second kappa shape index (κ2) is 2.04. The van der Waals surface area contributed by atoms with Gasteiger partial charge in [-0.25, -0.2) is 9.69 Å². The van der Waals surface area contributed by atoms with Gasteiger partial charge in [-0.1, -0.05) is 5.11 Å². The first-order chi connectivity index (χ1) is 4.22. The van der Waals surface area contributed by atoms with Crippen molar-refractivity contribution in [1.29, 1.82) is 0 Å². The summed E-state index contributed by atoms with van der Waals surface area (Å²) in [5.74, 6) is 0. The fourth-order valence-corrected chi connectivity index (χ4v) is 0.423. The normalized spacial score (nSPS) is 18.1. The number of hydrogen-bond donors (Lipinski definition) is 0. The minimum atomic E-state index is -2.78. The third-order valence-corrected chi connectivity index (χ3v) is 0.853. The van der Waals surface area contributed by atoms with Crippen LogP contribution in [0.15, 0.2) is 10.2 Å². The van der Waals surface area contributed by atoms with Gasteiger partial charge in [-0.2, -0.15) is 13.9 Å². The highest BCUT2D eigenvalue weighted by Gasteiger charge is 2.25. The van der Waals surface area contributed by atoms with E-state index in [4.69, 9.17) is 0 Å². The molecule has 0 atom stereocenters. The van der Waals surface area contributed by atoms with Crippen molar-refractivity contribution in [3.8, 4) is 0 Å². The molecular weight excluding hydrogens is 132 g/mol. The molecule has 0 saturated heterocycles. The number of nitrogens with zero attached hydrogens (tertiary/aromatic N) is 3. The maximum atomic E-state index is 11.6. The SMILES string of the molecule is O=C1N=NCN1C(F)F. The lowest BCUT2D eigenvalue weighted by atomic mass is 10.8. The molecule has 4 nitrogen and oxygen atoms in total. The molecule has 0 radical (unpaired) electrons. The molecule has 0 aromatic carbocycles. The van der Waals surface area contributed by atoms with E-state index in [1.165, 1.54) is 0 Å². The number of carbonyl (C=O) groups is 1. The topological polar surface area (TPSA) is 45.0 Å². The molecule has 2 amide bonds. The zero-order chi connectivity index (χ0) is 6.85. The molecule has 50 valence electrons. The lowest BCUT2D eigenvalue weighted by molar-refractivity contribution is 0.0126. The molecule has 1 heterocycles. The Morgan fingerprint density at radius 2 is 2.33 bits per heavy atom. The summed E-state index contributed by atoms with van der Waals surface area (Å²) in [6.45, 7) is -3.11. The molecule has 0 aliphatic carbocycles. The van der Waals surface area contributed by atoms with Gasteiger partial charge in [0.2, 0.25) is 0 Å². The number of halogens is 2. The summed E-state index contributed by atoms with van der Waals surface area (Å²) in [6, 6.07) is -0.968. The third-order valence-electron chi connectivity index (χ3n) is 0.853. The smallest absolute Gasteiger partial charge is 0.244 e. The number of rotatable bonds is 1. The van der Waals surface area contributed by atoms with E-state index in [0.29, 0.717) is 0 Å². The maximum Gasteiger partial charge on any atom is 0.367 e. The molecule has 0 unspecified atom stereocenters. The van der Waals surface area contributed by atoms with Gasteiger partial charge in [0.1, 0.15) is 6.67 Å². The fourth-order valence-electron chi connectivity index (χ4n) is 0.423. The van der Waals surface area contributed by atoms with Gasteiger partial charge in [0.05, 0.1) is 0 Å². The standard InChI is InChI=1S/C3H3F2N3O/c4-2(5)8-1-6-7-3(8)9/h2H,1H2. The Hall–Kier alpha value is -1.07. The van der Waals surface area contributed by atoms with Crippen molar-refractivity contribution in [3.63, 3.8) is 0 Å². The van der Waals surface area contributed by atoms with Crippen LogP contribution in [-0.4, -0.2) is 24.1 Å². The van der Waals surface area contributed by atoms with Crippen molar-refractivity contribution in [2.24, 2.45) is 10.2 Å². The molecule has 0 spiro atoms. The van der Waals surface area contributed by atoms with E-state index in [-0.39, 0.29) is 11.6 Å². The predicted molar refractivity (Wildman–Crippen MR) is 23.0 cm³/mol. The molecule has 1 aliphatic heterocycles. The molecule has 1 rings (SSSR count). The zero-order valence-corrected chi connectivity index (χ0v) is 4.29. The van der Waals surface area contributed by atoms with Gasteiger partial charge in [0, 0.05) is 0 Å². The number of urea groups is 1. The summed E-state index contributed by atoms with van der Waals surface area (Å²) in [5, 5.41) is 5.96. The van der Waals surface area contributed by atoms with E-state index in [1.807, 2.05) is 0 Å². The Bertz CT molecular complexity index is 157. The van der Waals surface area contributed by atoms with Crippen LogP contribution in [0.5, 0.6) is 0 Å². The van der Waals surface area contributed by atoms with Gasteiger partial charge in [-0.15, -0.1) is 0 Å². The van der Waals surface area contributed by atoms with Crippen LogP contribution in [0.4, 0.5) is 13.6 Å². The van der Waals surface area contributed by atoms with Gasteiger partial charge in [0.15, 0.2) is 0 Å². The summed E-state index contributed by atoms with van der Waals surface area (Å²) in [5.41, 5.74) is 0. The van der Waals surface area contributed by atoms with E-state index < -0.39 is 12.6 Å². The van der Waals surface area contributed by atoms with Gasteiger partial charge < -0.3 is 0 Å². The lowest BCUT2D eigenvalue weighted by Crippen LogP contribution is -2.29. The van der Waals surface area contributed by atoms with Crippen molar-refractivity contribution < 1.29 is 13.6 Å². The zero-order valence-electron chi connectivity index (χ0n) is 4.29. The summed E-state index contributed by atoms with van der Waals surface area (Å²) < 4.78 is 23.2. The predicted octanol–water partition coefficient (Wildman–Crippen LogP) is 1.05. The molecule has 0 aromatic heterocycles. The highest BCUT2D eigenvalue weighted by molar-refractivity contribution is 5.75. The largest absolute Gasteiger partial charge is 0.367 e. The molecule has 0 N–H and O–H groups in total. The van der Waals surface area contributed by atoms with Crippen LogP contribution in [0.3, 0.4) is 0 Å². The fraction of sp³-hybridized carbons (Fsp3) is 0.667. The maximum absolute atomic E-state index is 11.6. The summed E-state index contributed by atoms with van der Waals surface area (Å²) in [7, 11) is 0. The number of hydrogen-bond acceptors (Lipinski definition) is 2. The number of amides is 2. The van der Waals surface area contributed by atoms with E-state index in [1.54, 1.807) is 0 Å². The highest BCUT2D eigenvalue weighted by Crippen LogP contribution is 2.10. The monoisotopic (exact) mass is 135 g/mol. The van der Waals surface area contributed by atoms with Gasteiger partial charge in [-0.05, 0) is 0 Å². The second-order valence-corrected chi connectivity index (χ2v) is 1.41. The van der Waals surface area contributed by atoms with Gasteiger partial charge >= 0.3 is 12.6 Å².